The smallest absolute Gasteiger partial charge is 0.241 e. The largest absolute Gasteiger partial charge is 0.321 e. The molecule has 0 aliphatic carbocycles. The van der Waals surface area contributed by atoms with Crippen LogP contribution < -0.4 is 5.32 Å². The van der Waals surface area contributed by atoms with Gasteiger partial charge in [-0.15, -0.1) is 0 Å². The van der Waals surface area contributed by atoms with Gasteiger partial charge in [0.25, 0.3) is 0 Å². The number of carbonyl (C=O) groups excluding carboxylic acids is 1. The number of piperidine rings is 1. The third kappa shape index (κ3) is 2.19. The molecule has 0 radical (unpaired) electrons. The molecular formula is C15H27N3O. The van der Waals surface area contributed by atoms with Crippen LogP contribution in [0.4, 0.5) is 0 Å². The highest BCUT2D eigenvalue weighted by Gasteiger charge is 2.47. The molecule has 4 unspecified atom stereocenters. The first-order valence-corrected chi connectivity index (χ1v) is 7.92. The second-order valence-corrected chi connectivity index (χ2v) is 6.76. The Labute approximate surface area is 116 Å². The van der Waals surface area contributed by atoms with Gasteiger partial charge in [0.05, 0.1) is 18.2 Å². The van der Waals surface area contributed by atoms with Gasteiger partial charge in [0.1, 0.15) is 0 Å². The summed E-state index contributed by atoms with van der Waals surface area (Å²) in [6.45, 7) is 8.82. The Bertz CT molecular complexity index is 357. The molecule has 3 rings (SSSR count). The zero-order valence-electron chi connectivity index (χ0n) is 12.4. The molecule has 3 heterocycles. The van der Waals surface area contributed by atoms with Crippen molar-refractivity contribution < 1.29 is 4.79 Å². The van der Waals surface area contributed by atoms with Gasteiger partial charge in [0.15, 0.2) is 0 Å². The van der Waals surface area contributed by atoms with Gasteiger partial charge >= 0.3 is 0 Å². The van der Waals surface area contributed by atoms with E-state index in [1.165, 1.54) is 32.4 Å². The Kier molecular flexibility index (Phi) is 3.56. The molecule has 0 spiro atoms. The molecule has 3 saturated heterocycles. The van der Waals surface area contributed by atoms with Crippen LogP contribution in [0.15, 0.2) is 0 Å². The molecule has 0 saturated carbocycles. The summed E-state index contributed by atoms with van der Waals surface area (Å²) < 4.78 is 0. The van der Waals surface area contributed by atoms with Crippen molar-refractivity contribution in [2.75, 3.05) is 13.1 Å². The van der Waals surface area contributed by atoms with Gasteiger partial charge in [0, 0.05) is 12.6 Å². The number of fused-ring (bicyclic) bond motifs is 1. The summed E-state index contributed by atoms with van der Waals surface area (Å²) in [6, 6.07) is 1.08. The molecule has 1 N–H and O–H groups in total. The van der Waals surface area contributed by atoms with Crippen molar-refractivity contribution in [1.29, 1.82) is 0 Å². The van der Waals surface area contributed by atoms with Gasteiger partial charge in [-0.25, -0.2) is 0 Å². The van der Waals surface area contributed by atoms with E-state index in [0.717, 1.165) is 6.42 Å². The molecule has 3 aliphatic rings. The van der Waals surface area contributed by atoms with Crippen molar-refractivity contribution in [2.24, 2.45) is 5.92 Å². The Hall–Kier alpha value is -0.610. The molecule has 1 amide bonds. The fourth-order valence-electron chi connectivity index (χ4n) is 4.24. The second-order valence-electron chi connectivity index (χ2n) is 6.76. The highest BCUT2D eigenvalue weighted by molar-refractivity contribution is 5.85. The molecule has 4 heteroatoms. The van der Waals surface area contributed by atoms with Gasteiger partial charge in [-0.1, -0.05) is 20.3 Å². The van der Waals surface area contributed by atoms with Crippen LogP contribution in [0.2, 0.25) is 0 Å². The molecule has 3 aliphatic heterocycles. The first-order chi connectivity index (χ1) is 9.09. The van der Waals surface area contributed by atoms with E-state index in [0.29, 0.717) is 23.9 Å². The Morgan fingerprint density at radius 1 is 1.16 bits per heavy atom. The summed E-state index contributed by atoms with van der Waals surface area (Å²) in [5.41, 5.74) is 0. The van der Waals surface area contributed by atoms with Crippen molar-refractivity contribution in [3.8, 4) is 0 Å². The van der Waals surface area contributed by atoms with E-state index in [9.17, 15) is 4.79 Å². The molecular weight excluding hydrogens is 238 g/mol. The molecule has 4 atom stereocenters. The van der Waals surface area contributed by atoms with E-state index in [1.807, 2.05) is 0 Å². The standard InChI is InChI=1S/C15H27N3O/c1-10(2)14-15(19)18(11(3)16-14)13-7-9-17-8-5-4-6-12(13)17/h10-14,16H,4-9H2,1-3H3. The van der Waals surface area contributed by atoms with Crippen molar-refractivity contribution in [3.63, 3.8) is 0 Å². The number of hydrogen-bond acceptors (Lipinski definition) is 3. The van der Waals surface area contributed by atoms with Crippen LogP contribution in [0.5, 0.6) is 0 Å². The van der Waals surface area contributed by atoms with Crippen LogP contribution in [0.1, 0.15) is 46.5 Å². The van der Waals surface area contributed by atoms with Gasteiger partial charge in [0.2, 0.25) is 5.91 Å². The summed E-state index contributed by atoms with van der Waals surface area (Å²) in [6.07, 6.45) is 5.29. The summed E-state index contributed by atoms with van der Waals surface area (Å²) >= 11 is 0. The predicted molar refractivity (Wildman–Crippen MR) is 75.7 cm³/mol. The third-order valence-corrected chi connectivity index (χ3v) is 5.20. The van der Waals surface area contributed by atoms with E-state index in [4.69, 9.17) is 0 Å². The summed E-state index contributed by atoms with van der Waals surface area (Å²) in [4.78, 5) is 17.4. The lowest BCUT2D eigenvalue weighted by Gasteiger charge is -2.37. The molecule has 0 bridgehead atoms. The maximum atomic E-state index is 12.7. The van der Waals surface area contributed by atoms with Gasteiger partial charge in [-0.3, -0.25) is 15.0 Å². The molecule has 0 aromatic heterocycles. The first-order valence-electron chi connectivity index (χ1n) is 7.92. The van der Waals surface area contributed by atoms with Crippen molar-refractivity contribution >= 4 is 5.91 Å². The highest BCUT2D eigenvalue weighted by atomic mass is 16.2. The number of nitrogens with one attached hydrogen (secondary N) is 1. The maximum Gasteiger partial charge on any atom is 0.241 e. The lowest BCUT2D eigenvalue weighted by atomic mass is 9.97. The van der Waals surface area contributed by atoms with Crippen LogP contribution in [0.3, 0.4) is 0 Å². The maximum absolute atomic E-state index is 12.7. The van der Waals surface area contributed by atoms with Gasteiger partial charge < -0.3 is 4.90 Å². The topological polar surface area (TPSA) is 35.6 Å². The Balaban J connectivity index is 1.76. The Morgan fingerprint density at radius 3 is 2.63 bits per heavy atom. The zero-order chi connectivity index (χ0) is 13.6. The number of hydrogen-bond donors (Lipinski definition) is 1. The normalized spacial score (nSPS) is 40.2. The lowest BCUT2D eigenvalue weighted by molar-refractivity contribution is -0.133. The Morgan fingerprint density at radius 2 is 1.95 bits per heavy atom. The summed E-state index contributed by atoms with van der Waals surface area (Å²) in [5, 5.41) is 3.48. The molecule has 4 nitrogen and oxygen atoms in total. The number of carbonyl (C=O) groups is 1. The molecule has 0 aromatic carbocycles. The zero-order valence-corrected chi connectivity index (χ0v) is 12.4. The van der Waals surface area contributed by atoms with Gasteiger partial charge in [-0.2, -0.15) is 0 Å². The van der Waals surface area contributed by atoms with E-state index in [2.05, 4.69) is 35.9 Å². The van der Waals surface area contributed by atoms with Crippen molar-refractivity contribution in [3.05, 3.63) is 0 Å². The van der Waals surface area contributed by atoms with E-state index in [1.54, 1.807) is 0 Å². The minimum Gasteiger partial charge on any atom is -0.321 e. The molecule has 108 valence electrons. The second kappa shape index (κ2) is 5.06. The number of nitrogens with zero attached hydrogens (tertiary/aromatic N) is 2. The SMILES string of the molecule is CC(C)C1NC(C)N(C2CCN3CCCCC23)C1=O. The molecule has 3 fully saturated rings. The monoisotopic (exact) mass is 265 g/mol. The van der Waals surface area contributed by atoms with Crippen LogP contribution in [-0.2, 0) is 4.79 Å². The van der Waals surface area contributed by atoms with E-state index >= 15 is 0 Å². The third-order valence-electron chi connectivity index (χ3n) is 5.20. The molecule has 19 heavy (non-hydrogen) atoms. The average Bonchev–Trinajstić information content (AvgIpc) is 2.91. The quantitative estimate of drug-likeness (QED) is 0.820. The van der Waals surface area contributed by atoms with Crippen LogP contribution in [0.25, 0.3) is 0 Å². The predicted octanol–water partition coefficient (Wildman–Crippen LogP) is 1.42. The van der Waals surface area contributed by atoms with E-state index < -0.39 is 0 Å². The van der Waals surface area contributed by atoms with Crippen LogP contribution >= 0.6 is 0 Å². The summed E-state index contributed by atoms with van der Waals surface area (Å²) in [5.74, 6) is 0.712. The lowest BCUT2D eigenvalue weighted by Crippen LogP contribution is -2.51. The summed E-state index contributed by atoms with van der Waals surface area (Å²) in [7, 11) is 0. The fraction of sp³-hybridized carbons (Fsp3) is 0.933. The first kappa shape index (κ1) is 13.4. The van der Waals surface area contributed by atoms with E-state index in [-0.39, 0.29) is 12.2 Å². The minimum atomic E-state index is 0.0210. The van der Waals surface area contributed by atoms with Crippen molar-refractivity contribution in [1.82, 2.24) is 15.1 Å². The van der Waals surface area contributed by atoms with Crippen LogP contribution in [0, 0.1) is 5.92 Å². The fourth-order valence-corrected chi connectivity index (χ4v) is 4.24. The number of amides is 1. The van der Waals surface area contributed by atoms with Crippen LogP contribution in [-0.4, -0.2) is 53.1 Å². The average molecular weight is 265 g/mol. The van der Waals surface area contributed by atoms with Gasteiger partial charge in [-0.05, 0) is 38.6 Å². The molecule has 0 aromatic rings. The minimum absolute atomic E-state index is 0.0210. The van der Waals surface area contributed by atoms with Crippen molar-refractivity contribution in [2.45, 2.75) is 70.7 Å². The number of rotatable bonds is 2. The highest BCUT2D eigenvalue weighted by Crippen LogP contribution is 2.33.